The second-order valence-electron chi connectivity index (χ2n) is 7.81. The maximum atomic E-state index is 14.5. The van der Waals surface area contributed by atoms with E-state index in [1.165, 1.54) is 36.4 Å². The molecule has 0 aliphatic carbocycles. The Balaban J connectivity index is 0.00000267. The summed E-state index contributed by atoms with van der Waals surface area (Å²) in [4.78, 5) is 8.29. The number of aromatic nitrogens is 3. The molecular weight excluding hydrogens is 646 g/mol. The standard InChI is InChI=1S/C28H14F3N3O.Pt/c29-19-5-8-25-24(15-19)23-7-4-17(13-26(23)34(25)27-3-1-2-10-32-27)18-11-21(31)14-22(12-18)35-28-9-6-20(30)16-33-28;/h1-11,14-16H;/q-2;+2. The number of nitrogens with zero attached hydrogens (tertiary/aromatic N) is 3. The van der Waals surface area contributed by atoms with Gasteiger partial charge in [0.25, 0.3) is 0 Å². The average Bonchev–Trinajstić information content (AvgIpc) is 3.18. The number of ether oxygens (including phenoxy) is 1. The van der Waals surface area contributed by atoms with Crippen LogP contribution in [0.4, 0.5) is 13.2 Å². The number of benzene rings is 3. The van der Waals surface area contributed by atoms with Crippen molar-refractivity contribution in [2.24, 2.45) is 0 Å². The van der Waals surface area contributed by atoms with E-state index in [1.54, 1.807) is 18.3 Å². The Labute approximate surface area is 218 Å². The summed E-state index contributed by atoms with van der Waals surface area (Å²) in [5, 5.41) is 1.49. The van der Waals surface area contributed by atoms with Gasteiger partial charge in [-0.2, -0.15) is 18.2 Å². The van der Waals surface area contributed by atoms with Gasteiger partial charge in [0.2, 0.25) is 5.88 Å². The smallest absolute Gasteiger partial charge is 0.460 e. The SMILES string of the molecule is Fc1ccc(Oc2[c-]c(-c3[c-]c4c(cc3)c3cc(F)ccc3n4-c3ccccn3)cc(F)c2)nc1.[Pt+2]. The molecule has 0 amide bonds. The molecule has 0 saturated carbocycles. The number of halogens is 3. The van der Waals surface area contributed by atoms with Crippen molar-refractivity contribution >= 4 is 21.8 Å². The summed E-state index contributed by atoms with van der Waals surface area (Å²) in [7, 11) is 0. The van der Waals surface area contributed by atoms with Crippen molar-refractivity contribution in [1.82, 2.24) is 14.5 Å². The van der Waals surface area contributed by atoms with Gasteiger partial charge in [0.05, 0.1) is 6.20 Å². The Morgan fingerprint density at radius 3 is 2.36 bits per heavy atom. The zero-order chi connectivity index (χ0) is 23.9. The summed E-state index contributed by atoms with van der Waals surface area (Å²) < 4.78 is 49.2. The van der Waals surface area contributed by atoms with Gasteiger partial charge >= 0.3 is 21.1 Å². The third-order valence-electron chi connectivity index (χ3n) is 5.53. The molecule has 0 unspecified atom stereocenters. The van der Waals surface area contributed by atoms with Gasteiger partial charge in [-0.15, -0.1) is 12.1 Å². The summed E-state index contributed by atoms with van der Waals surface area (Å²) in [6.07, 6.45) is 2.68. The summed E-state index contributed by atoms with van der Waals surface area (Å²) in [5.74, 6) is -0.571. The predicted molar refractivity (Wildman–Crippen MR) is 126 cm³/mol. The normalized spacial score (nSPS) is 11.0. The summed E-state index contributed by atoms with van der Waals surface area (Å²) >= 11 is 0. The molecule has 0 saturated heterocycles. The first-order valence-electron chi connectivity index (χ1n) is 10.7. The number of hydrogen-bond donors (Lipinski definition) is 0. The minimum Gasteiger partial charge on any atom is -0.460 e. The predicted octanol–water partition coefficient (Wildman–Crippen LogP) is 7.05. The molecule has 0 bridgehead atoms. The minimum atomic E-state index is -0.545. The summed E-state index contributed by atoms with van der Waals surface area (Å²) in [6, 6.07) is 25.1. The van der Waals surface area contributed by atoms with Crippen LogP contribution in [0, 0.1) is 29.6 Å². The molecule has 0 aliphatic heterocycles. The number of fused-ring (bicyclic) bond motifs is 3. The van der Waals surface area contributed by atoms with Crippen LogP contribution in [0.25, 0.3) is 38.8 Å². The first kappa shape index (κ1) is 23.8. The maximum absolute atomic E-state index is 14.5. The Morgan fingerprint density at radius 1 is 0.722 bits per heavy atom. The van der Waals surface area contributed by atoms with Crippen molar-refractivity contribution in [3.63, 3.8) is 0 Å². The molecule has 36 heavy (non-hydrogen) atoms. The van der Waals surface area contributed by atoms with Gasteiger partial charge in [0.1, 0.15) is 17.5 Å². The zero-order valence-corrected chi connectivity index (χ0v) is 20.6. The molecule has 6 rings (SSSR count). The Kier molecular flexibility index (Phi) is 6.33. The van der Waals surface area contributed by atoms with E-state index in [2.05, 4.69) is 22.1 Å². The van der Waals surface area contributed by atoms with Crippen LogP contribution in [0.1, 0.15) is 0 Å². The monoisotopic (exact) mass is 660 g/mol. The molecule has 0 N–H and O–H groups in total. The fourth-order valence-corrected chi connectivity index (χ4v) is 4.04. The molecule has 6 aromatic rings. The molecule has 3 aromatic carbocycles. The Bertz CT molecular complexity index is 1700. The van der Waals surface area contributed by atoms with Crippen LogP contribution in [0.2, 0.25) is 0 Å². The summed E-state index contributed by atoms with van der Waals surface area (Å²) in [6.45, 7) is 0. The van der Waals surface area contributed by atoms with E-state index in [9.17, 15) is 13.2 Å². The van der Waals surface area contributed by atoms with E-state index < -0.39 is 11.6 Å². The van der Waals surface area contributed by atoms with Crippen LogP contribution in [-0.2, 0) is 21.1 Å². The summed E-state index contributed by atoms with van der Waals surface area (Å²) in [5.41, 5.74) is 2.37. The van der Waals surface area contributed by atoms with E-state index in [4.69, 9.17) is 4.74 Å². The topological polar surface area (TPSA) is 39.9 Å². The van der Waals surface area contributed by atoms with Crippen LogP contribution in [0.15, 0.2) is 85.2 Å². The molecule has 8 heteroatoms. The van der Waals surface area contributed by atoms with Crippen LogP contribution in [0.3, 0.4) is 0 Å². The molecular formula is C28H14F3N3OPt. The van der Waals surface area contributed by atoms with Gasteiger partial charge < -0.3 is 9.30 Å². The molecule has 0 fully saturated rings. The third-order valence-corrected chi connectivity index (χ3v) is 5.53. The van der Waals surface area contributed by atoms with Gasteiger partial charge in [-0.25, -0.2) is 34.3 Å². The molecule has 0 atom stereocenters. The first-order chi connectivity index (χ1) is 17.0. The van der Waals surface area contributed by atoms with Crippen molar-refractivity contribution in [3.8, 4) is 28.6 Å². The molecule has 0 aliphatic rings. The first-order valence-corrected chi connectivity index (χ1v) is 10.7. The van der Waals surface area contributed by atoms with Gasteiger partial charge in [0, 0.05) is 29.3 Å². The van der Waals surface area contributed by atoms with E-state index in [1.807, 2.05) is 28.8 Å². The van der Waals surface area contributed by atoms with Crippen molar-refractivity contribution in [1.29, 1.82) is 0 Å². The largest absolute Gasteiger partial charge is 2.00 e. The zero-order valence-electron chi connectivity index (χ0n) is 18.3. The molecule has 4 nitrogen and oxygen atoms in total. The second kappa shape index (κ2) is 9.59. The van der Waals surface area contributed by atoms with Gasteiger partial charge in [-0.3, -0.25) is 0 Å². The number of rotatable bonds is 4. The number of pyridine rings is 2. The van der Waals surface area contributed by atoms with Crippen molar-refractivity contribution in [3.05, 3.63) is 115 Å². The molecule has 178 valence electrons. The maximum Gasteiger partial charge on any atom is 2.00 e. The molecule has 0 spiro atoms. The fraction of sp³-hybridized carbons (Fsp3) is 0. The quantitative estimate of drug-likeness (QED) is 0.191. The fourth-order valence-electron chi connectivity index (χ4n) is 4.04. The van der Waals surface area contributed by atoms with Crippen molar-refractivity contribution in [2.75, 3.05) is 0 Å². The van der Waals surface area contributed by atoms with Gasteiger partial charge in [-0.05, 0) is 47.3 Å². The van der Waals surface area contributed by atoms with Crippen molar-refractivity contribution < 1.29 is 39.0 Å². The number of hydrogen-bond acceptors (Lipinski definition) is 3. The van der Waals surface area contributed by atoms with Crippen molar-refractivity contribution in [2.45, 2.75) is 0 Å². The van der Waals surface area contributed by atoms with Crippen LogP contribution >= 0.6 is 0 Å². The Hall–Kier alpha value is -3.96. The minimum absolute atomic E-state index is 0. The van der Waals surface area contributed by atoms with Crippen LogP contribution in [-0.4, -0.2) is 14.5 Å². The van der Waals surface area contributed by atoms with Gasteiger partial charge in [-0.1, -0.05) is 17.5 Å². The van der Waals surface area contributed by atoms with Gasteiger partial charge in [0.15, 0.2) is 0 Å². The van der Waals surface area contributed by atoms with E-state index in [0.29, 0.717) is 27.8 Å². The molecule has 0 radical (unpaired) electrons. The van der Waals surface area contributed by atoms with Crippen LogP contribution < -0.4 is 4.74 Å². The van der Waals surface area contributed by atoms with E-state index >= 15 is 0 Å². The molecule has 3 heterocycles. The van der Waals surface area contributed by atoms with E-state index in [0.717, 1.165) is 17.1 Å². The van der Waals surface area contributed by atoms with Crippen LogP contribution in [0.5, 0.6) is 11.6 Å². The third kappa shape index (κ3) is 4.38. The molecule has 3 aromatic heterocycles. The Morgan fingerprint density at radius 2 is 1.58 bits per heavy atom. The average molecular weight is 661 g/mol. The van der Waals surface area contributed by atoms with E-state index in [-0.39, 0.29) is 38.5 Å². The second-order valence-corrected chi connectivity index (χ2v) is 7.81.